The van der Waals surface area contributed by atoms with Crippen LogP contribution in [0, 0.1) is 6.92 Å². The molecule has 4 nitrogen and oxygen atoms in total. The Kier molecular flexibility index (Phi) is 5.53. The van der Waals surface area contributed by atoms with E-state index in [4.69, 9.17) is 21.1 Å². The van der Waals surface area contributed by atoms with E-state index >= 15 is 0 Å². The maximum absolute atomic E-state index is 12.1. The molecule has 0 fully saturated rings. The fraction of sp³-hybridized carbons (Fsp3) is 0.278. The van der Waals surface area contributed by atoms with Crippen LogP contribution in [-0.4, -0.2) is 24.9 Å². The standard InChI is InChI=1S/C18H18ClNO3S/c1-12-3-4-13(9-15(12)19)20-18(21)11-24-14-5-6-16-17(10-14)23-8-2-7-22-16/h3-6,9-10H,2,7-8,11H2,1H3,(H,20,21). The molecule has 1 aliphatic heterocycles. The number of benzene rings is 2. The van der Waals surface area contributed by atoms with E-state index in [1.54, 1.807) is 6.07 Å². The molecule has 0 radical (unpaired) electrons. The molecular weight excluding hydrogens is 346 g/mol. The number of halogens is 1. The molecule has 24 heavy (non-hydrogen) atoms. The summed E-state index contributed by atoms with van der Waals surface area (Å²) in [4.78, 5) is 13.1. The number of ether oxygens (including phenoxy) is 2. The Bertz CT molecular complexity index is 751. The Morgan fingerprint density at radius 1 is 1.17 bits per heavy atom. The van der Waals surface area contributed by atoms with Crippen LogP contribution in [0.1, 0.15) is 12.0 Å². The fourth-order valence-electron chi connectivity index (χ4n) is 2.25. The van der Waals surface area contributed by atoms with E-state index in [2.05, 4.69) is 5.32 Å². The van der Waals surface area contributed by atoms with Crippen LogP contribution in [0.25, 0.3) is 0 Å². The number of hydrogen-bond acceptors (Lipinski definition) is 4. The summed E-state index contributed by atoms with van der Waals surface area (Å²) in [6, 6.07) is 11.2. The molecule has 3 rings (SSSR count). The molecule has 0 saturated carbocycles. The first-order valence-corrected chi connectivity index (χ1v) is 9.06. The van der Waals surface area contributed by atoms with Gasteiger partial charge in [-0.25, -0.2) is 0 Å². The Labute approximate surface area is 150 Å². The number of rotatable bonds is 4. The van der Waals surface area contributed by atoms with Gasteiger partial charge in [0.1, 0.15) is 0 Å². The quantitative estimate of drug-likeness (QED) is 0.810. The van der Waals surface area contributed by atoms with Gasteiger partial charge in [-0.2, -0.15) is 0 Å². The smallest absolute Gasteiger partial charge is 0.234 e. The normalized spacial score (nSPS) is 13.2. The molecule has 1 heterocycles. The average Bonchev–Trinajstić information content (AvgIpc) is 2.81. The minimum Gasteiger partial charge on any atom is -0.490 e. The molecule has 1 amide bonds. The van der Waals surface area contributed by atoms with Crippen molar-refractivity contribution >= 4 is 35.0 Å². The van der Waals surface area contributed by atoms with Crippen LogP contribution in [-0.2, 0) is 4.79 Å². The van der Waals surface area contributed by atoms with Gasteiger partial charge in [0.05, 0.1) is 19.0 Å². The predicted molar refractivity (Wildman–Crippen MR) is 97.6 cm³/mol. The van der Waals surface area contributed by atoms with E-state index < -0.39 is 0 Å². The second kappa shape index (κ2) is 7.81. The van der Waals surface area contributed by atoms with E-state index in [1.165, 1.54) is 11.8 Å². The predicted octanol–water partition coefficient (Wildman–Crippen LogP) is 4.54. The third-order valence-electron chi connectivity index (χ3n) is 3.54. The summed E-state index contributed by atoms with van der Waals surface area (Å²) in [5.41, 5.74) is 1.69. The molecule has 126 valence electrons. The van der Waals surface area contributed by atoms with Crippen LogP contribution in [0.2, 0.25) is 5.02 Å². The van der Waals surface area contributed by atoms with Crippen LogP contribution in [0.15, 0.2) is 41.3 Å². The maximum atomic E-state index is 12.1. The molecule has 0 saturated heterocycles. The van der Waals surface area contributed by atoms with Gasteiger partial charge in [0.15, 0.2) is 11.5 Å². The number of carbonyl (C=O) groups excluding carboxylic acids is 1. The minimum absolute atomic E-state index is 0.0768. The van der Waals surface area contributed by atoms with Gasteiger partial charge in [0.2, 0.25) is 5.91 Å². The van der Waals surface area contributed by atoms with E-state index in [1.807, 2.05) is 37.3 Å². The highest BCUT2D eigenvalue weighted by Crippen LogP contribution is 2.33. The highest BCUT2D eigenvalue weighted by Gasteiger charge is 2.12. The first-order valence-electron chi connectivity index (χ1n) is 7.70. The van der Waals surface area contributed by atoms with Crippen LogP contribution in [0.4, 0.5) is 5.69 Å². The monoisotopic (exact) mass is 363 g/mol. The van der Waals surface area contributed by atoms with Gasteiger partial charge in [-0.1, -0.05) is 17.7 Å². The van der Waals surface area contributed by atoms with E-state index in [0.29, 0.717) is 29.7 Å². The number of aryl methyl sites for hydroxylation is 1. The number of hydrogen-bond donors (Lipinski definition) is 1. The van der Waals surface area contributed by atoms with Crippen LogP contribution >= 0.6 is 23.4 Å². The van der Waals surface area contributed by atoms with E-state index in [0.717, 1.165) is 28.4 Å². The lowest BCUT2D eigenvalue weighted by Crippen LogP contribution is -2.13. The van der Waals surface area contributed by atoms with Crippen molar-refractivity contribution in [2.45, 2.75) is 18.2 Å². The molecule has 1 aliphatic rings. The van der Waals surface area contributed by atoms with Gasteiger partial charge < -0.3 is 14.8 Å². The summed E-state index contributed by atoms with van der Waals surface area (Å²) < 4.78 is 11.3. The molecule has 0 spiro atoms. The minimum atomic E-state index is -0.0768. The summed E-state index contributed by atoms with van der Waals surface area (Å²) in [6.45, 7) is 3.24. The summed E-state index contributed by atoms with van der Waals surface area (Å²) >= 11 is 7.52. The van der Waals surface area contributed by atoms with Gasteiger partial charge in [-0.15, -0.1) is 11.8 Å². The number of fused-ring (bicyclic) bond motifs is 1. The molecule has 0 aromatic heterocycles. The van der Waals surface area contributed by atoms with Crippen molar-refractivity contribution in [1.82, 2.24) is 0 Å². The lowest BCUT2D eigenvalue weighted by molar-refractivity contribution is -0.113. The zero-order valence-electron chi connectivity index (χ0n) is 13.3. The molecular formula is C18H18ClNO3S. The first-order chi connectivity index (χ1) is 11.6. The lowest BCUT2D eigenvalue weighted by atomic mass is 10.2. The Morgan fingerprint density at radius 2 is 1.96 bits per heavy atom. The molecule has 0 unspecified atom stereocenters. The third kappa shape index (κ3) is 4.36. The molecule has 2 aromatic carbocycles. The maximum Gasteiger partial charge on any atom is 0.234 e. The summed E-state index contributed by atoms with van der Waals surface area (Å²) in [6.07, 6.45) is 0.874. The van der Waals surface area contributed by atoms with Crippen LogP contribution in [0.5, 0.6) is 11.5 Å². The average molecular weight is 364 g/mol. The van der Waals surface area contributed by atoms with Gasteiger partial charge >= 0.3 is 0 Å². The van der Waals surface area contributed by atoms with Crippen LogP contribution < -0.4 is 14.8 Å². The Balaban J connectivity index is 1.58. The second-order valence-corrected chi connectivity index (χ2v) is 6.92. The molecule has 0 bridgehead atoms. The third-order valence-corrected chi connectivity index (χ3v) is 4.95. The highest BCUT2D eigenvalue weighted by atomic mass is 35.5. The summed E-state index contributed by atoms with van der Waals surface area (Å²) in [5.74, 6) is 1.73. The molecule has 0 aliphatic carbocycles. The second-order valence-electron chi connectivity index (χ2n) is 5.46. The van der Waals surface area contributed by atoms with Crippen molar-refractivity contribution in [2.24, 2.45) is 0 Å². The van der Waals surface area contributed by atoms with Gasteiger partial charge in [-0.3, -0.25) is 4.79 Å². The number of thioether (sulfide) groups is 1. The summed E-state index contributed by atoms with van der Waals surface area (Å²) in [5, 5.41) is 3.49. The first kappa shape index (κ1) is 17.0. The van der Waals surface area contributed by atoms with Crippen molar-refractivity contribution in [1.29, 1.82) is 0 Å². The fourth-order valence-corrected chi connectivity index (χ4v) is 3.16. The highest BCUT2D eigenvalue weighted by molar-refractivity contribution is 8.00. The van der Waals surface area contributed by atoms with Crippen molar-refractivity contribution in [2.75, 3.05) is 24.3 Å². The molecule has 1 N–H and O–H groups in total. The van der Waals surface area contributed by atoms with E-state index in [-0.39, 0.29) is 5.91 Å². The number of amides is 1. The molecule has 6 heteroatoms. The van der Waals surface area contributed by atoms with Gasteiger partial charge in [0, 0.05) is 22.0 Å². The number of anilines is 1. The largest absolute Gasteiger partial charge is 0.490 e. The van der Waals surface area contributed by atoms with Crippen molar-refractivity contribution in [3.8, 4) is 11.5 Å². The lowest BCUT2D eigenvalue weighted by Gasteiger charge is -2.10. The van der Waals surface area contributed by atoms with E-state index in [9.17, 15) is 4.79 Å². The Hall–Kier alpha value is -1.85. The number of carbonyl (C=O) groups is 1. The zero-order chi connectivity index (χ0) is 16.9. The Morgan fingerprint density at radius 3 is 2.75 bits per heavy atom. The summed E-state index contributed by atoms with van der Waals surface area (Å²) in [7, 11) is 0. The molecule has 2 aromatic rings. The van der Waals surface area contributed by atoms with Crippen LogP contribution in [0.3, 0.4) is 0 Å². The SMILES string of the molecule is Cc1ccc(NC(=O)CSc2ccc3c(c2)OCCCO3)cc1Cl. The van der Waals surface area contributed by atoms with Gasteiger partial charge in [0.25, 0.3) is 0 Å². The van der Waals surface area contributed by atoms with Gasteiger partial charge in [-0.05, 0) is 42.8 Å². The topological polar surface area (TPSA) is 47.6 Å². The number of nitrogens with one attached hydrogen (secondary N) is 1. The zero-order valence-corrected chi connectivity index (χ0v) is 14.9. The van der Waals surface area contributed by atoms with Crippen molar-refractivity contribution in [3.63, 3.8) is 0 Å². The van der Waals surface area contributed by atoms with Crippen molar-refractivity contribution in [3.05, 3.63) is 47.0 Å². The van der Waals surface area contributed by atoms with Crippen molar-refractivity contribution < 1.29 is 14.3 Å². The molecule has 0 atom stereocenters.